The number of carboxylic acid groups (broad SMARTS) is 1. The lowest BCUT2D eigenvalue weighted by atomic mass is 9.80. The topological polar surface area (TPSA) is 259 Å². The number of aliphatic carboxylic acids is 1. The Morgan fingerprint density at radius 3 is 2.59 bits per heavy atom. The fourth-order valence-electron chi connectivity index (χ4n) is 5.94. The maximum Gasteiger partial charge on any atom is 0.336 e. The number of hydrogen-bond acceptors (Lipinski definition) is 14. The summed E-state index contributed by atoms with van der Waals surface area (Å²) in [5.74, 6) is -2.13. The third-order valence-electron chi connectivity index (χ3n) is 8.55. The lowest BCUT2D eigenvalue weighted by Crippen LogP contribution is -2.69. The number of hydrogen-bond donors (Lipinski definition) is 8. The van der Waals surface area contributed by atoms with Crippen LogP contribution in [0.1, 0.15) is 30.1 Å². The molecule has 0 radical (unpaired) electrons. The molecule has 51 heavy (non-hydrogen) atoms. The minimum absolute atomic E-state index is 0.0112. The first-order valence-electron chi connectivity index (χ1n) is 16.0. The Hall–Kier alpha value is -5.33. The number of nitrogens with two attached hydrogens (primary N) is 1. The third-order valence-corrected chi connectivity index (χ3v) is 8.55. The Balaban J connectivity index is 1.23. The molecule has 0 bridgehead atoms. The van der Waals surface area contributed by atoms with Gasteiger partial charge in [-0.25, -0.2) is 9.79 Å². The van der Waals surface area contributed by atoms with Gasteiger partial charge in [0.2, 0.25) is 12.0 Å². The number of likely N-dealkylation sites (N-methyl/N-ethyl adjacent to an activating group) is 1. The predicted molar refractivity (Wildman–Crippen MR) is 181 cm³/mol. The van der Waals surface area contributed by atoms with Crippen molar-refractivity contribution in [2.75, 3.05) is 33.4 Å². The summed E-state index contributed by atoms with van der Waals surface area (Å²) in [6.07, 6.45) is -2.57. The molecule has 0 amide bonds. The number of rotatable bonds is 14. The normalized spacial score (nSPS) is 26.5. The molecule has 17 heteroatoms. The average Bonchev–Trinajstić information content (AvgIpc) is 3.77. The first kappa shape index (κ1) is 35.5. The van der Waals surface area contributed by atoms with Crippen molar-refractivity contribution in [2.45, 2.75) is 49.1 Å². The van der Waals surface area contributed by atoms with Crippen molar-refractivity contribution in [1.29, 1.82) is 0 Å². The first-order valence-corrected chi connectivity index (χ1v) is 16.0. The van der Waals surface area contributed by atoms with E-state index in [1.165, 1.54) is 18.5 Å². The lowest BCUT2D eigenvalue weighted by molar-refractivity contribution is -0.303. The van der Waals surface area contributed by atoms with Gasteiger partial charge in [-0.05, 0) is 35.8 Å². The van der Waals surface area contributed by atoms with Crippen LogP contribution in [0.3, 0.4) is 0 Å². The van der Waals surface area contributed by atoms with E-state index in [9.17, 15) is 35.4 Å². The number of phenolic OH excluding ortho intramolecular Hbond substituents is 1. The van der Waals surface area contributed by atoms with E-state index in [1.807, 2.05) is 6.08 Å². The molecule has 9 N–H and O–H groups in total. The largest absolute Gasteiger partial charge is 0.507 e. The number of carboxylic acids is 1. The second-order valence-electron chi connectivity index (χ2n) is 12.1. The number of carbonyl (C=O) groups is 1. The Bertz CT molecular complexity index is 1820. The van der Waals surface area contributed by atoms with Crippen molar-refractivity contribution < 1.29 is 64.5 Å². The second kappa shape index (κ2) is 14.9. The van der Waals surface area contributed by atoms with Gasteiger partial charge in [0, 0.05) is 43.3 Å². The highest BCUT2D eigenvalue weighted by atomic mass is 16.7. The highest BCUT2D eigenvalue weighted by Gasteiger charge is 2.59. The highest BCUT2D eigenvalue weighted by Crippen LogP contribution is 2.51. The molecular weight excluding hydrogens is 670 g/mol. The van der Waals surface area contributed by atoms with Crippen molar-refractivity contribution in [3.63, 3.8) is 0 Å². The van der Waals surface area contributed by atoms with E-state index in [2.05, 4.69) is 20.3 Å². The standard InChI is InChI=1S/C34H37N5O12/c1-36-9-11-48-29-24(50-33-28(42)30(43)34(46,31(51-33)32(44)45)14-19-15-37-16-38-19)13-23-26(27(29)41)21(40)12-22(49-23)17-2-5-20(6-3-17)47-10-8-18-4-7-25(35)39-18/h2-7,12-13,16,22,28,30-31,33,35-36,40-43,46H,8-11,14-15H2,1H3,(H,44,45)/p+1. The third kappa shape index (κ3) is 7.42. The smallest absolute Gasteiger partial charge is 0.336 e. The molecule has 1 saturated heterocycles. The monoisotopic (exact) mass is 708 g/mol. The quantitative estimate of drug-likeness (QED) is 0.115. The van der Waals surface area contributed by atoms with E-state index in [1.54, 1.807) is 37.4 Å². The Morgan fingerprint density at radius 2 is 1.92 bits per heavy atom. The van der Waals surface area contributed by atoms with Crippen molar-refractivity contribution in [1.82, 2.24) is 5.32 Å². The Kier molecular flexibility index (Phi) is 10.4. The van der Waals surface area contributed by atoms with E-state index in [0.717, 1.165) is 5.71 Å². The summed E-state index contributed by atoms with van der Waals surface area (Å²) < 4.78 is 29.2. The predicted octanol–water partition coefficient (Wildman–Crippen LogP) is -0.525. The van der Waals surface area contributed by atoms with Gasteiger partial charge in [-0.1, -0.05) is 12.1 Å². The number of phenols is 1. The Morgan fingerprint density at radius 1 is 1.14 bits per heavy atom. The van der Waals surface area contributed by atoms with E-state index < -0.39 is 54.4 Å². The van der Waals surface area contributed by atoms with Crippen molar-refractivity contribution in [3.8, 4) is 28.7 Å². The van der Waals surface area contributed by atoms with E-state index in [-0.39, 0.29) is 47.4 Å². The molecule has 6 rings (SSSR count). The van der Waals surface area contributed by atoms with Crippen molar-refractivity contribution in [3.05, 3.63) is 59.7 Å². The molecule has 270 valence electrons. The minimum atomic E-state index is -2.50. The number of aliphatic hydroxyl groups is 4. The number of aliphatic hydroxyl groups excluding tert-OH is 3. The van der Waals surface area contributed by atoms with Crippen LogP contribution in [0.4, 0.5) is 0 Å². The molecule has 17 nitrogen and oxygen atoms in total. The summed E-state index contributed by atoms with van der Waals surface area (Å²) in [4.78, 5) is 24.3. The number of ether oxygens (including phenoxy) is 5. The van der Waals surface area contributed by atoms with Crippen LogP contribution in [0.15, 0.2) is 63.5 Å². The van der Waals surface area contributed by atoms with E-state index >= 15 is 0 Å². The van der Waals surface area contributed by atoms with Crippen molar-refractivity contribution >= 4 is 35.3 Å². The molecule has 4 heterocycles. The zero-order valence-electron chi connectivity index (χ0n) is 27.4. The van der Waals surface area contributed by atoms with Crippen LogP contribution in [0, 0.1) is 0 Å². The summed E-state index contributed by atoms with van der Waals surface area (Å²) in [5.41, 5.74) is -0.893. The number of amidine groups is 1. The summed E-state index contributed by atoms with van der Waals surface area (Å²) in [6, 6.07) is 8.21. The Labute approximate surface area is 291 Å². The van der Waals surface area contributed by atoms with Gasteiger partial charge in [-0.2, -0.15) is 0 Å². The molecule has 4 aliphatic rings. The molecule has 2 aromatic carbocycles. The van der Waals surface area contributed by atoms with E-state index in [4.69, 9.17) is 29.1 Å². The van der Waals surface area contributed by atoms with Crippen LogP contribution in [0.5, 0.6) is 28.7 Å². The summed E-state index contributed by atoms with van der Waals surface area (Å²) in [5, 5.41) is 74.3. The van der Waals surface area contributed by atoms with Gasteiger partial charge in [0.05, 0.1) is 13.2 Å². The van der Waals surface area contributed by atoms with Crippen LogP contribution in [-0.2, 0) is 9.53 Å². The maximum absolute atomic E-state index is 12.3. The van der Waals surface area contributed by atoms with Gasteiger partial charge in [0.1, 0.15) is 59.7 Å². The van der Waals surface area contributed by atoms with Crippen LogP contribution >= 0.6 is 0 Å². The summed E-state index contributed by atoms with van der Waals surface area (Å²) in [7, 11) is 1.68. The number of benzene rings is 2. The van der Waals surface area contributed by atoms with Crippen LogP contribution in [0.2, 0.25) is 0 Å². The van der Waals surface area contributed by atoms with Crippen LogP contribution in [-0.4, -0.2) is 124 Å². The van der Waals surface area contributed by atoms with Gasteiger partial charge in [-0.15, -0.1) is 0 Å². The summed E-state index contributed by atoms with van der Waals surface area (Å²) in [6.45, 7) is 0.788. The number of aliphatic imine (C=N–C) groups is 3. The summed E-state index contributed by atoms with van der Waals surface area (Å²) >= 11 is 0. The number of aromatic hydroxyl groups is 1. The van der Waals surface area contributed by atoms with Gasteiger partial charge in [0.25, 0.3) is 0 Å². The minimum Gasteiger partial charge on any atom is -0.507 e. The average molecular weight is 709 g/mol. The number of allylic oxidation sites excluding steroid dienone is 1. The fraction of sp³-hybridized carbons (Fsp3) is 0.382. The molecule has 4 aliphatic heterocycles. The van der Waals surface area contributed by atoms with Gasteiger partial charge in [-0.3, -0.25) is 10.4 Å². The molecule has 6 unspecified atom stereocenters. The van der Waals surface area contributed by atoms with Gasteiger partial charge < -0.3 is 59.6 Å². The molecule has 2 aromatic rings. The molecule has 0 aliphatic carbocycles. The fourth-order valence-corrected chi connectivity index (χ4v) is 5.94. The molecule has 1 fully saturated rings. The molecule has 0 aromatic heterocycles. The maximum atomic E-state index is 12.3. The molecular formula is C34H38N5O12+. The van der Waals surface area contributed by atoms with Gasteiger partial charge in [0.15, 0.2) is 23.3 Å². The zero-order valence-corrected chi connectivity index (χ0v) is 27.4. The highest BCUT2D eigenvalue weighted by molar-refractivity contribution is 6.13. The van der Waals surface area contributed by atoms with Gasteiger partial charge >= 0.3 is 11.8 Å². The zero-order chi connectivity index (χ0) is 36.3. The second-order valence-corrected chi connectivity index (χ2v) is 12.1. The van der Waals surface area contributed by atoms with Crippen molar-refractivity contribution in [2.24, 2.45) is 15.0 Å². The molecule has 6 atom stereocenters. The lowest BCUT2D eigenvalue weighted by Gasteiger charge is -2.46. The van der Waals surface area contributed by atoms with E-state index in [0.29, 0.717) is 36.7 Å². The molecule has 0 saturated carbocycles. The SMILES string of the molecule is CNCCOc1c(OC2OC(C(=O)O)C(O)(CC3=NC=NC3)C(O)C2O)cc2c(c1O)C(O)=CC(c1ccc(OCCC3=NC(=[NH2+])C=C3)cc1)O2. The first-order chi connectivity index (χ1) is 24.5. The molecule has 0 spiro atoms. The van der Waals surface area contributed by atoms with Crippen LogP contribution in [0.25, 0.3) is 5.76 Å². The van der Waals surface area contributed by atoms with Crippen LogP contribution < -0.4 is 29.7 Å². The number of fused-ring (bicyclic) bond motifs is 1. The number of nitrogens with one attached hydrogen (secondary N) is 1. The number of nitrogens with zero attached hydrogens (tertiary/aromatic N) is 3.